The number of hydrogen-bond donors (Lipinski definition) is 3. The smallest absolute Gasteiger partial charge is 0.353 e. The molecule has 1 aromatic rings. The Bertz CT molecular complexity index is 1040. The molecule has 35 heavy (non-hydrogen) atoms. The van der Waals surface area contributed by atoms with Crippen molar-refractivity contribution in [3.8, 4) is 0 Å². The molecule has 0 aliphatic carbocycles. The van der Waals surface area contributed by atoms with E-state index < -0.39 is 18.0 Å². The first-order chi connectivity index (χ1) is 16.8. The number of aromatic nitrogens is 2. The van der Waals surface area contributed by atoms with Gasteiger partial charge in [0.25, 0.3) is 0 Å². The maximum absolute atomic E-state index is 13.2. The third kappa shape index (κ3) is 4.23. The number of hydrogen-bond acceptors (Lipinski definition) is 8. The molecule has 0 bridgehead atoms. The van der Waals surface area contributed by atoms with E-state index in [-0.39, 0.29) is 46.7 Å². The van der Waals surface area contributed by atoms with Crippen LogP contribution in [0.2, 0.25) is 0 Å². The lowest BCUT2D eigenvalue weighted by Crippen LogP contribution is -2.63. The lowest BCUT2D eigenvalue weighted by Gasteiger charge is -2.46. The van der Waals surface area contributed by atoms with Gasteiger partial charge < -0.3 is 25.3 Å². The molecule has 0 radical (unpaired) electrons. The molecule has 3 fully saturated rings. The van der Waals surface area contributed by atoms with E-state index in [1.165, 1.54) is 16.7 Å². The van der Waals surface area contributed by atoms with Gasteiger partial charge in [0.15, 0.2) is 0 Å². The molecule has 4 aliphatic rings. The van der Waals surface area contributed by atoms with Crippen LogP contribution < -0.4 is 5.32 Å². The molecular weight excluding hydrogens is 470 g/mol. The van der Waals surface area contributed by atoms with Gasteiger partial charge in [-0.15, -0.1) is 11.8 Å². The Morgan fingerprint density at radius 2 is 1.91 bits per heavy atom. The topological polar surface area (TPSA) is 136 Å². The lowest BCUT2D eigenvalue weighted by atomic mass is 9.79. The van der Waals surface area contributed by atoms with Crippen molar-refractivity contribution in [2.45, 2.75) is 62.5 Å². The number of thioether (sulfide) groups is 1. The van der Waals surface area contributed by atoms with E-state index in [2.05, 4.69) is 15.3 Å². The standard InChI is InChI=1S/C24H31N5O5S/c1-12-18-17(13(2)30)23(32)29(18)19(24(33)34)20(12)35-15-10-16(27-11-15)22(31)28-8-4-14(5-9-28)21-25-6-3-7-26-21/h3,6-7,12-18,27,30H,4-5,8-11H2,1-2H3,(H,33,34)/t12-,13-,15+,16+,17-,18-/m1/s1. The predicted molar refractivity (Wildman–Crippen MR) is 128 cm³/mol. The van der Waals surface area contributed by atoms with Crippen LogP contribution in [-0.2, 0) is 14.4 Å². The van der Waals surface area contributed by atoms with E-state index in [1.54, 1.807) is 25.4 Å². The molecule has 5 heterocycles. The van der Waals surface area contributed by atoms with Crippen molar-refractivity contribution in [2.24, 2.45) is 11.8 Å². The van der Waals surface area contributed by atoms with Crippen LogP contribution in [0.15, 0.2) is 29.1 Å². The number of aliphatic carboxylic acids is 1. The summed E-state index contributed by atoms with van der Waals surface area (Å²) in [5.41, 5.74) is 0.0365. The van der Waals surface area contributed by atoms with Gasteiger partial charge in [-0.05, 0) is 32.3 Å². The molecule has 0 unspecified atom stereocenters. The molecule has 10 nitrogen and oxygen atoms in total. The molecule has 3 saturated heterocycles. The number of carboxylic acid groups (broad SMARTS) is 1. The van der Waals surface area contributed by atoms with E-state index in [0.717, 1.165) is 18.7 Å². The largest absolute Gasteiger partial charge is 0.477 e. The van der Waals surface area contributed by atoms with Crippen LogP contribution in [-0.4, -0.2) is 90.8 Å². The number of nitrogens with one attached hydrogen (secondary N) is 1. The molecule has 5 rings (SSSR count). The Labute approximate surface area is 208 Å². The first kappa shape index (κ1) is 24.2. The number of likely N-dealkylation sites (tertiary alicyclic amines) is 1. The van der Waals surface area contributed by atoms with E-state index in [1.807, 2.05) is 11.8 Å². The van der Waals surface area contributed by atoms with Gasteiger partial charge in [-0.25, -0.2) is 14.8 Å². The van der Waals surface area contributed by atoms with Gasteiger partial charge in [-0.3, -0.25) is 9.59 Å². The zero-order valence-corrected chi connectivity index (χ0v) is 20.6. The van der Waals surface area contributed by atoms with Gasteiger partial charge in [0.05, 0.1) is 24.1 Å². The second-order valence-corrected chi connectivity index (χ2v) is 11.3. The molecule has 6 atom stereocenters. The highest BCUT2D eigenvalue weighted by molar-refractivity contribution is 8.03. The fourth-order valence-corrected chi connectivity index (χ4v) is 7.42. The third-order valence-electron chi connectivity index (χ3n) is 7.75. The number of carboxylic acids is 1. The van der Waals surface area contributed by atoms with Crippen LogP contribution in [0.3, 0.4) is 0 Å². The van der Waals surface area contributed by atoms with Crippen molar-refractivity contribution in [3.63, 3.8) is 0 Å². The average Bonchev–Trinajstić information content (AvgIpc) is 3.41. The van der Waals surface area contributed by atoms with Crippen molar-refractivity contribution in [1.29, 1.82) is 0 Å². The summed E-state index contributed by atoms with van der Waals surface area (Å²) >= 11 is 1.46. The van der Waals surface area contributed by atoms with Crippen LogP contribution in [0.1, 0.15) is 44.9 Å². The maximum Gasteiger partial charge on any atom is 0.353 e. The number of amides is 2. The first-order valence-corrected chi connectivity index (χ1v) is 13.1. The third-order valence-corrected chi connectivity index (χ3v) is 9.26. The number of β-lactam (4-membered cyclic amide) rings is 1. The van der Waals surface area contributed by atoms with Gasteiger partial charge in [-0.1, -0.05) is 6.92 Å². The second kappa shape index (κ2) is 9.51. The van der Waals surface area contributed by atoms with Crippen LogP contribution in [0.4, 0.5) is 0 Å². The summed E-state index contributed by atoms with van der Waals surface area (Å²) in [5, 5.41) is 23.2. The summed E-state index contributed by atoms with van der Waals surface area (Å²) in [6.45, 7) is 5.43. The van der Waals surface area contributed by atoms with E-state index >= 15 is 0 Å². The quantitative estimate of drug-likeness (QED) is 0.484. The summed E-state index contributed by atoms with van der Waals surface area (Å²) < 4.78 is 0. The van der Waals surface area contributed by atoms with Gasteiger partial charge in [0.1, 0.15) is 11.5 Å². The molecule has 3 N–H and O–H groups in total. The van der Waals surface area contributed by atoms with Crippen molar-refractivity contribution >= 4 is 29.5 Å². The Balaban J connectivity index is 1.20. The monoisotopic (exact) mass is 501 g/mol. The maximum atomic E-state index is 13.2. The van der Waals surface area contributed by atoms with Gasteiger partial charge >= 0.3 is 5.97 Å². The summed E-state index contributed by atoms with van der Waals surface area (Å²) in [4.78, 5) is 50.4. The fourth-order valence-electron chi connectivity index (χ4n) is 5.94. The molecule has 0 saturated carbocycles. The highest BCUT2D eigenvalue weighted by Crippen LogP contribution is 2.51. The number of rotatable bonds is 6. The first-order valence-electron chi connectivity index (χ1n) is 12.2. The molecule has 1 aromatic heterocycles. The summed E-state index contributed by atoms with van der Waals surface area (Å²) in [5.74, 6) is -1.00. The van der Waals surface area contributed by atoms with Gasteiger partial charge in [0.2, 0.25) is 11.8 Å². The number of nitrogens with zero attached hydrogens (tertiary/aromatic N) is 4. The van der Waals surface area contributed by atoms with Crippen LogP contribution in [0, 0.1) is 11.8 Å². The molecule has 188 valence electrons. The number of aliphatic hydroxyl groups excluding tert-OH is 1. The van der Waals surface area contributed by atoms with Crippen LogP contribution >= 0.6 is 11.8 Å². The van der Waals surface area contributed by atoms with Crippen LogP contribution in [0.25, 0.3) is 0 Å². The van der Waals surface area contributed by atoms with Crippen molar-refractivity contribution in [1.82, 2.24) is 25.1 Å². The number of piperidine rings is 1. The van der Waals surface area contributed by atoms with Gasteiger partial charge in [-0.2, -0.15) is 0 Å². The summed E-state index contributed by atoms with van der Waals surface area (Å²) in [6, 6.07) is 1.18. The number of carbonyl (C=O) groups excluding carboxylic acids is 2. The summed E-state index contributed by atoms with van der Waals surface area (Å²) in [7, 11) is 0. The molecule has 4 aliphatic heterocycles. The highest BCUT2D eigenvalue weighted by atomic mass is 32.2. The van der Waals surface area contributed by atoms with Crippen LogP contribution in [0.5, 0.6) is 0 Å². The van der Waals surface area contributed by atoms with Crippen molar-refractivity contribution in [3.05, 3.63) is 34.9 Å². The van der Waals surface area contributed by atoms with Crippen molar-refractivity contribution < 1.29 is 24.6 Å². The SMILES string of the molecule is C[C@@H](O)[C@H]1C(=O)N2C(C(=O)O)=C(S[C@@H]3CN[C@H](C(=O)N4CCC(c5ncccn5)CC4)C3)[C@H](C)[C@H]12. The highest BCUT2D eigenvalue weighted by Gasteiger charge is 2.60. The summed E-state index contributed by atoms with van der Waals surface area (Å²) in [6.07, 6.45) is 4.95. The average molecular weight is 502 g/mol. The second-order valence-electron chi connectivity index (χ2n) is 9.91. The molecule has 2 amide bonds. The minimum absolute atomic E-state index is 0.0322. The molecular formula is C24H31N5O5S. The number of carbonyl (C=O) groups is 3. The minimum atomic E-state index is -1.12. The zero-order chi connectivity index (χ0) is 24.9. The lowest BCUT2D eigenvalue weighted by molar-refractivity contribution is -0.163. The number of fused-ring (bicyclic) bond motifs is 1. The van der Waals surface area contributed by atoms with E-state index in [4.69, 9.17) is 0 Å². The Hall–Kier alpha value is -2.50. The van der Waals surface area contributed by atoms with Gasteiger partial charge in [0, 0.05) is 54.0 Å². The Kier molecular flexibility index (Phi) is 6.58. The minimum Gasteiger partial charge on any atom is -0.477 e. The molecule has 0 spiro atoms. The Morgan fingerprint density at radius 1 is 1.23 bits per heavy atom. The van der Waals surface area contributed by atoms with E-state index in [9.17, 15) is 24.6 Å². The Morgan fingerprint density at radius 3 is 2.54 bits per heavy atom. The van der Waals surface area contributed by atoms with Crippen molar-refractivity contribution in [2.75, 3.05) is 19.6 Å². The molecule has 11 heteroatoms. The zero-order valence-electron chi connectivity index (χ0n) is 19.8. The number of aliphatic hydroxyl groups is 1. The fraction of sp³-hybridized carbons (Fsp3) is 0.625. The predicted octanol–water partition coefficient (Wildman–Crippen LogP) is 0.800. The van der Waals surface area contributed by atoms with E-state index in [0.29, 0.717) is 31.0 Å². The molecule has 0 aromatic carbocycles. The normalized spacial score (nSPS) is 32.0.